The molecule has 0 amide bonds. The Morgan fingerprint density at radius 1 is 1.04 bits per heavy atom. The molecule has 0 aliphatic rings. The van der Waals surface area contributed by atoms with Crippen LogP contribution >= 0.6 is 0 Å². The van der Waals surface area contributed by atoms with Gasteiger partial charge in [0.15, 0.2) is 0 Å². The van der Waals surface area contributed by atoms with E-state index >= 15 is 0 Å². The number of ether oxygens (including phenoxy) is 2. The molecule has 2 aromatic carbocycles. The fraction of sp³-hybridized carbons (Fsp3) is 0.200. The van der Waals surface area contributed by atoms with Crippen molar-refractivity contribution in [2.75, 3.05) is 6.61 Å². The van der Waals surface area contributed by atoms with Crippen LogP contribution in [0.25, 0.3) is 10.9 Å². The Bertz CT molecular complexity index is 892. The molecule has 0 bridgehead atoms. The third kappa shape index (κ3) is 4.26. The topological polar surface area (TPSA) is 68.7 Å². The first kappa shape index (κ1) is 16.8. The molecule has 1 N–H and O–H groups in total. The van der Waals surface area contributed by atoms with Crippen LogP contribution in [-0.2, 0) is 6.61 Å². The van der Waals surface area contributed by atoms with Gasteiger partial charge in [0.1, 0.15) is 18.1 Å². The number of nitrogens with zero attached hydrogens (tertiary/aromatic N) is 1. The van der Waals surface area contributed by atoms with E-state index in [0.717, 1.165) is 23.0 Å². The Balaban J connectivity index is 1.78. The molecule has 0 spiro atoms. The third-order valence-electron chi connectivity index (χ3n) is 3.64. The Labute approximate surface area is 145 Å². The second-order valence-electron chi connectivity index (χ2n) is 5.63. The van der Waals surface area contributed by atoms with Gasteiger partial charge < -0.3 is 14.6 Å². The van der Waals surface area contributed by atoms with Gasteiger partial charge in [-0.05, 0) is 30.7 Å². The smallest absolute Gasteiger partial charge is 0.335 e. The highest BCUT2D eigenvalue weighted by molar-refractivity contribution is 5.88. The lowest BCUT2D eigenvalue weighted by Crippen LogP contribution is -2.03. The Morgan fingerprint density at radius 2 is 1.80 bits per heavy atom. The summed E-state index contributed by atoms with van der Waals surface area (Å²) >= 11 is 0. The number of carboxylic acid groups (broad SMARTS) is 1. The van der Waals surface area contributed by atoms with Crippen molar-refractivity contribution in [1.82, 2.24) is 4.98 Å². The first-order valence-corrected chi connectivity index (χ1v) is 8.14. The van der Waals surface area contributed by atoms with E-state index in [1.54, 1.807) is 6.07 Å². The van der Waals surface area contributed by atoms with E-state index in [9.17, 15) is 9.90 Å². The van der Waals surface area contributed by atoms with Crippen molar-refractivity contribution in [1.29, 1.82) is 0 Å². The highest BCUT2D eigenvalue weighted by Gasteiger charge is 2.09. The molecule has 5 nitrogen and oxygen atoms in total. The predicted molar refractivity (Wildman–Crippen MR) is 95.3 cm³/mol. The van der Waals surface area contributed by atoms with E-state index in [4.69, 9.17) is 9.47 Å². The molecule has 1 aromatic heterocycles. The molecule has 0 fully saturated rings. The van der Waals surface area contributed by atoms with Gasteiger partial charge in [-0.1, -0.05) is 31.2 Å². The van der Waals surface area contributed by atoms with Crippen LogP contribution in [0.15, 0.2) is 54.6 Å². The van der Waals surface area contributed by atoms with Crippen molar-refractivity contribution in [3.63, 3.8) is 0 Å². The van der Waals surface area contributed by atoms with Crippen LogP contribution < -0.4 is 9.47 Å². The molecule has 0 atom stereocenters. The maximum atomic E-state index is 11.3. The lowest BCUT2D eigenvalue weighted by atomic mass is 10.2. The molecule has 25 heavy (non-hydrogen) atoms. The minimum atomic E-state index is -1.02. The summed E-state index contributed by atoms with van der Waals surface area (Å²) < 4.78 is 11.3. The van der Waals surface area contributed by atoms with Crippen molar-refractivity contribution in [3.05, 3.63) is 65.9 Å². The molecule has 3 rings (SSSR count). The number of para-hydroxylation sites is 1. The Hall–Kier alpha value is -3.08. The van der Waals surface area contributed by atoms with Gasteiger partial charge >= 0.3 is 5.97 Å². The monoisotopic (exact) mass is 337 g/mol. The van der Waals surface area contributed by atoms with E-state index in [2.05, 4.69) is 4.98 Å². The van der Waals surface area contributed by atoms with Gasteiger partial charge in [-0.2, -0.15) is 0 Å². The van der Waals surface area contributed by atoms with Crippen molar-refractivity contribution in [3.8, 4) is 11.5 Å². The molecule has 5 heteroatoms. The van der Waals surface area contributed by atoms with Gasteiger partial charge in [-0.3, -0.25) is 0 Å². The van der Waals surface area contributed by atoms with E-state index in [0.29, 0.717) is 18.1 Å². The molecule has 0 radical (unpaired) electrons. The third-order valence-corrected chi connectivity index (χ3v) is 3.64. The van der Waals surface area contributed by atoms with Crippen LogP contribution in [-0.4, -0.2) is 22.7 Å². The first-order valence-electron chi connectivity index (χ1n) is 8.14. The van der Waals surface area contributed by atoms with E-state index < -0.39 is 5.97 Å². The zero-order chi connectivity index (χ0) is 17.6. The number of benzene rings is 2. The number of carbonyl (C=O) groups is 1. The summed E-state index contributed by atoms with van der Waals surface area (Å²) in [5.41, 5.74) is 1.81. The van der Waals surface area contributed by atoms with Crippen LogP contribution in [0.3, 0.4) is 0 Å². The van der Waals surface area contributed by atoms with Crippen molar-refractivity contribution >= 4 is 16.9 Å². The molecule has 0 aliphatic heterocycles. The van der Waals surface area contributed by atoms with Crippen LogP contribution in [0.1, 0.15) is 29.4 Å². The Morgan fingerprint density at radius 3 is 2.56 bits per heavy atom. The first-order chi connectivity index (χ1) is 12.2. The number of rotatable bonds is 7. The summed E-state index contributed by atoms with van der Waals surface area (Å²) in [6, 6.07) is 16.4. The normalized spacial score (nSPS) is 10.6. The zero-order valence-corrected chi connectivity index (χ0v) is 13.9. The zero-order valence-electron chi connectivity index (χ0n) is 13.9. The molecule has 0 saturated heterocycles. The minimum Gasteiger partial charge on any atom is -0.493 e. The maximum absolute atomic E-state index is 11.3. The van der Waals surface area contributed by atoms with E-state index in [1.165, 1.54) is 12.1 Å². The molecule has 3 aromatic rings. The van der Waals surface area contributed by atoms with E-state index in [-0.39, 0.29) is 12.2 Å². The van der Waals surface area contributed by atoms with Crippen LogP contribution in [0.5, 0.6) is 11.5 Å². The predicted octanol–water partition coefficient (Wildman–Crippen LogP) is 4.30. The fourth-order valence-corrected chi connectivity index (χ4v) is 2.43. The van der Waals surface area contributed by atoms with Crippen molar-refractivity contribution in [2.45, 2.75) is 20.0 Å². The molecule has 0 saturated carbocycles. The number of aromatic nitrogens is 1. The minimum absolute atomic E-state index is 0.134. The van der Waals surface area contributed by atoms with Crippen LogP contribution in [0.4, 0.5) is 0 Å². The van der Waals surface area contributed by atoms with Gasteiger partial charge in [-0.25, -0.2) is 9.78 Å². The summed E-state index contributed by atoms with van der Waals surface area (Å²) in [6.45, 7) is 2.76. The van der Waals surface area contributed by atoms with Gasteiger partial charge in [0.05, 0.1) is 23.4 Å². The maximum Gasteiger partial charge on any atom is 0.335 e. The van der Waals surface area contributed by atoms with E-state index in [1.807, 2.05) is 43.3 Å². The van der Waals surface area contributed by atoms with Crippen molar-refractivity contribution in [2.24, 2.45) is 0 Å². The highest BCUT2D eigenvalue weighted by Crippen LogP contribution is 2.24. The largest absolute Gasteiger partial charge is 0.493 e. The standard InChI is InChI=1S/C20H19NO4/c1-2-9-24-17-10-15(20(22)23)11-18(12-17)25-13-16-8-7-14-5-3-4-6-19(14)21-16/h3-8,10-12H,2,9,13H2,1H3,(H,22,23). The SMILES string of the molecule is CCCOc1cc(OCc2ccc3ccccc3n2)cc(C(=O)O)c1. The second-order valence-corrected chi connectivity index (χ2v) is 5.63. The molecule has 0 unspecified atom stereocenters. The summed E-state index contributed by atoms with van der Waals surface area (Å²) in [6.07, 6.45) is 0.842. The Kier molecular flexibility index (Phi) is 5.14. The fourth-order valence-electron chi connectivity index (χ4n) is 2.43. The van der Waals surface area contributed by atoms with Gasteiger partial charge in [0, 0.05) is 11.5 Å². The molecular formula is C20H19NO4. The second kappa shape index (κ2) is 7.66. The highest BCUT2D eigenvalue weighted by atomic mass is 16.5. The molecule has 0 aliphatic carbocycles. The average Bonchev–Trinajstić information content (AvgIpc) is 2.64. The van der Waals surface area contributed by atoms with Crippen molar-refractivity contribution < 1.29 is 19.4 Å². The quantitative estimate of drug-likeness (QED) is 0.696. The summed E-state index contributed by atoms with van der Waals surface area (Å²) in [5.74, 6) is -0.0835. The van der Waals surface area contributed by atoms with Crippen LogP contribution in [0.2, 0.25) is 0 Å². The van der Waals surface area contributed by atoms with Gasteiger partial charge in [-0.15, -0.1) is 0 Å². The summed E-state index contributed by atoms with van der Waals surface area (Å²) in [7, 11) is 0. The number of fused-ring (bicyclic) bond motifs is 1. The van der Waals surface area contributed by atoms with Gasteiger partial charge in [0.2, 0.25) is 0 Å². The number of hydrogen-bond donors (Lipinski definition) is 1. The summed E-state index contributed by atoms with van der Waals surface area (Å²) in [5, 5.41) is 10.3. The lowest BCUT2D eigenvalue weighted by molar-refractivity contribution is 0.0695. The van der Waals surface area contributed by atoms with Gasteiger partial charge in [0.25, 0.3) is 0 Å². The number of carboxylic acids is 1. The van der Waals surface area contributed by atoms with Crippen LogP contribution in [0, 0.1) is 0 Å². The molecule has 1 heterocycles. The lowest BCUT2D eigenvalue weighted by Gasteiger charge is -2.11. The molecular weight excluding hydrogens is 318 g/mol. The molecule has 128 valence electrons. The summed E-state index contributed by atoms with van der Waals surface area (Å²) in [4.78, 5) is 15.8. The number of hydrogen-bond acceptors (Lipinski definition) is 4. The number of aromatic carboxylic acids is 1. The number of pyridine rings is 1. The average molecular weight is 337 g/mol.